The third-order valence-electron chi connectivity index (χ3n) is 5.59. The lowest BCUT2D eigenvalue weighted by Gasteiger charge is -2.28. The van der Waals surface area contributed by atoms with Crippen LogP contribution in [-0.2, 0) is 6.42 Å². The Morgan fingerprint density at radius 3 is 2.78 bits per heavy atom. The molecule has 3 amide bonds. The first-order valence-corrected chi connectivity index (χ1v) is 11.7. The Balaban J connectivity index is 1.52. The van der Waals surface area contributed by atoms with Crippen molar-refractivity contribution in [1.82, 2.24) is 15.6 Å². The van der Waals surface area contributed by atoms with Crippen LogP contribution in [0.1, 0.15) is 35.5 Å². The Bertz CT molecular complexity index is 1230. The zero-order valence-corrected chi connectivity index (χ0v) is 18.9. The van der Waals surface area contributed by atoms with Crippen LogP contribution in [0.2, 0.25) is 0 Å². The Kier molecular flexibility index (Phi) is 5.40. The topological polar surface area (TPSA) is 86.4 Å². The van der Waals surface area contributed by atoms with Crippen molar-refractivity contribution in [1.29, 1.82) is 0 Å². The number of urea groups is 1. The Morgan fingerprint density at radius 2 is 2.06 bits per heavy atom. The number of benzene rings is 1. The number of amides is 3. The molecule has 2 aliphatic rings. The number of carbonyl (C=O) groups is 2. The third-order valence-corrected chi connectivity index (χ3v) is 6.69. The van der Waals surface area contributed by atoms with Crippen molar-refractivity contribution in [3.63, 3.8) is 0 Å². The summed E-state index contributed by atoms with van der Waals surface area (Å²) >= 11 is 1.30. The maximum absolute atomic E-state index is 13.2. The monoisotopic (exact) mass is 447 g/mol. The summed E-state index contributed by atoms with van der Waals surface area (Å²) in [7, 11) is 0. The van der Waals surface area contributed by atoms with Gasteiger partial charge in [-0.3, -0.25) is 9.69 Å². The molecule has 0 fully saturated rings. The van der Waals surface area contributed by atoms with Gasteiger partial charge in [0.05, 0.1) is 22.4 Å². The summed E-state index contributed by atoms with van der Waals surface area (Å²) in [6.45, 7) is 5.91. The van der Waals surface area contributed by atoms with Crippen LogP contribution in [0.15, 0.2) is 48.3 Å². The molecule has 0 aliphatic carbocycles. The molecule has 0 saturated carbocycles. The molecule has 0 unspecified atom stereocenters. The van der Waals surface area contributed by atoms with Gasteiger partial charge in [-0.1, -0.05) is 32.1 Å². The molecule has 0 bridgehead atoms. The molecule has 0 spiro atoms. The first-order chi connectivity index (χ1) is 15.5. The lowest BCUT2D eigenvalue weighted by molar-refractivity contribution is 0.0969. The van der Waals surface area contributed by atoms with Gasteiger partial charge in [0.25, 0.3) is 5.91 Å². The van der Waals surface area contributed by atoms with Gasteiger partial charge in [0.1, 0.15) is 9.71 Å². The zero-order valence-electron chi connectivity index (χ0n) is 18.1. The number of rotatable bonds is 5. The summed E-state index contributed by atoms with van der Waals surface area (Å²) in [5, 5.41) is 9.96. The average Bonchev–Trinajstić information content (AvgIpc) is 3.15. The molecule has 5 rings (SSSR count). The van der Waals surface area contributed by atoms with Crippen LogP contribution in [0.4, 0.5) is 21.9 Å². The van der Waals surface area contributed by atoms with Gasteiger partial charge in [-0.25, -0.2) is 9.78 Å². The van der Waals surface area contributed by atoms with E-state index in [4.69, 9.17) is 0 Å². The van der Waals surface area contributed by atoms with E-state index >= 15 is 0 Å². The molecule has 32 heavy (non-hydrogen) atoms. The fraction of sp³-hybridized carbons (Fsp3) is 0.292. The number of hydrogen-bond donors (Lipinski definition) is 3. The lowest BCUT2D eigenvalue weighted by Crippen LogP contribution is -2.35. The van der Waals surface area contributed by atoms with Gasteiger partial charge < -0.3 is 16.0 Å². The second-order valence-electron chi connectivity index (χ2n) is 8.50. The van der Waals surface area contributed by atoms with Crippen molar-refractivity contribution >= 4 is 50.6 Å². The number of pyridine rings is 1. The average molecular weight is 448 g/mol. The van der Waals surface area contributed by atoms with Crippen molar-refractivity contribution in [2.24, 2.45) is 5.92 Å². The van der Waals surface area contributed by atoms with Gasteiger partial charge in [0, 0.05) is 18.4 Å². The molecule has 164 valence electrons. The molecule has 3 N–H and O–H groups in total. The number of aromatic nitrogens is 1. The van der Waals surface area contributed by atoms with E-state index in [0.29, 0.717) is 23.0 Å². The molecule has 0 saturated heterocycles. The van der Waals surface area contributed by atoms with Gasteiger partial charge in [-0.2, -0.15) is 0 Å². The maximum Gasteiger partial charge on any atom is 0.331 e. The standard InChI is InChI=1S/C24H25N5O2S/c1-14(2)12-15-5-7-17(8-6-15)29-18-9-11-26-23-19(18)20(28-24(29)31)21(32-23)22(30)27-16-4-3-10-25-13-16/h4-9,11,14,25H,3,10,12-13H2,1-2H3,(H,27,30)(H,28,31). The molecule has 2 aromatic heterocycles. The molecular weight excluding hydrogens is 422 g/mol. The van der Waals surface area contributed by atoms with E-state index in [-0.39, 0.29) is 11.9 Å². The summed E-state index contributed by atoms with van der Waals surface area (Å²) in [4.78, 5) is 33.5. The minimum absolute atomic E-state index is 0.226. The number of carbonyl (C=O) groups excluding carboxylic acids is 2. The van der Waals surface area contributed by atoms with Crippen molar-refractivity contribution in [2.75, 3.05) is 23.3 Å². The van der Waals surface area contributed by atoms with Crippen molar-refractivity contribution in [2.45, 2.75) is 26.7 Å². The predicted octanol–water partition coefficient (Wildman–Crippen LogP) is 4.79. The minimum Gasteiger partial charge on any atom is -0.324 e. The Morgan fingerprint density at radius 1 is 1.25 bits per heavy atom. The van der Waals surface area contributed by atoms with Gasteiger partial charge in [0.15, 0.2) is 0 Å². The first kappa shape index (κ1) is 20.7. The van der Waals surface area contributed by atoms with Crippen LogP contribution in [0.25, 0.3) is 10.2 Å². The van der Waals surface area contributed by atoms with Crippen molar-refractivity contribution < 1.29 is 9.59 Å². The molecule has 0 atom stereocenters. The number of thiophene rings is 1. The maximum atomic E-state index is 13.2. The highest BCUT2D eigenvalue weighted by atomic mass is 32.1. The largest absolute Gasteiger partial charge is 0.331 e. The summed E-state index contributed by atoms with van der Waals surface area (Å²) < 4.78 is 0. The quantitative estimate of drug-likeness (QED) is 0.525. The van der Waals surface area contributed by atoms with Crippen LogP contribution >= 0.6 is 11.3 Å². The Labute approximate surface area is 190 Å². The van der Waals surface area contributed by atoms with Gasteiger partial charge in [-0.15, -0.1) is 11.3 Å². The lowest BCUT2D eigenvalue weighted by atomic mass is 10.0. The van der Waals surface area contributed by atoms with Crippen LogP contribution < -0.4 is 20.9 Å². The second-order valence-corrected chi connectivity index (χ2v) is 9.49. The Hall–Kier alpha value is -3.23. The highest BCUT2D eigenvalue weighted by molar-refractivity contribution is 7.21. The molecule has 7 nitrogen and oxygen atoms in total. The fourth-order valence-electron chi connectivity index (χ4n) is 4.19. The zero-order chi connectivity index (χ0) is 22.2. The molecule has 4 heterocycles. The predicted molar refractivity (Wildman–Crippen MR) is 129 cm³/mol. The van der Waals surface area contributed by atoms with E-state index in [1.54, 1.807) is 11.1 Å². The fourth-order valence-corrected chi connectivity index (χ4v) is 5.21. The number of hydrogen-bond acceptors (Lipinski definition) is 5. The summed E-state index contributed by atoms with van der Waals surface area (Å²) in [6, 6.07) is 9.61. The highest BCUT2D eigenvalue weighted by Crippen LogP contribution is 2.45. The summed E-state index contributed by atoms with van der Waals surface area (Å²) in [5.74, 6) is 0.340. The summed E-state index contributed by atoms with van der Waals surface area (Å²) in [5.41, 5.74) is 4.14. The van der Waals surface area contributed by atoms with E-state index in [2.05, 4.69) is 46.9 Å². The van der Waals surface area contributed by atoms with Crippen LogP contribution in [0.3, 0.4) is 0 Å². The molecule has 2 aliphatic heterocycles. The number of anilines is 3. The van der Waals surface area contributed by atoms with Crippen molar-refractivity contribution in [3.05, 3.63) is 58.7 Å². The first-order valence-electron chi connectivity index (χ1n) is 10.8. The number of nitrogens with zero attached hydrogens (tertiary/aromatic N) is 2. The summed E-state index contributed by atoms with van der Waals surface area (Å²) in [6.07, 6.45) is 5.58. The smallest absolute Gasteiger partial charge is 0.324 e. The third kappa shape index (κ3) is 3.76. The van der Waals surface area contributed by atoms with Crippen molar-refractivity contribution in [3.8, 4) is 0 Å². The van der Waals surface area contributed by atoms with Crippen LogP contribution in [0, 0.1) is 5.92 Å². The molecular formula is C24H25N5O2S. The van der Waals surface area contributed by atoms with Gasteiger partial charge >= 0.3 is 6.03 Å². The van der Waals surface area contributed by atoms with Crippen LogP contribution in [-0.4, -0.2) is 30.0 Å². The van der Waals surface area contributed by atoms with E-state index < -0.39 is 0 Å². The van der Waals surface area contributed by atoms with E-state index in [0.717, 1.165) is 46.7 Å². The normalized spacial score (nSPS) is 15.7. The second kappa shape index (κ2) is 8.37. The van der Waals surface area contributed by atoms with E-state index in [1.807, 2.05) is 24.3 Å². The van der Waals surface area contributed by atoms with E-state index in [9.17, 15) is 9.59 Å². The number of nitrogens with one attached hydrogen (secondary N) is 3. The minimum atomic E-state index is -0.285. The van der Waals surface area contributed by atoms with Crippen LogP contribution in [0.5, 0.6) is 0 Å². The molecule has 3 aromatic rings. The molecule has 8 heteroatoms. The molecule has 0 radical (unpaired) electrons. The van der Waals surface area contributed by atoms with E-state index in [1.165, 1.54) is 16.9 Å². The molecule has 1 aromatic carbocycles. The SMILES string of the molecule is CC(C)Cc1ccc(N2C(=O)Nc3c(C(=O)NC4=CCCNC4)sc4nccc2c34)cc1. The van der Waals surface area contributed by atoms with Gasteiger partial charge in [0.2, 0.25) is 0 Å². The van der Waals surface area contributed by atoms with Gasteiger partial charge in [-0.05, 0) is 49.1 Å². The highest BCUT2D eigenvalue weighted by Gasteiger charge is 2.32.